The minimum atomic E-state index is -1.45. The summed E-state index contributed by atoms with van der Waals surface area (Å²) in [6.07, 6.45) is -5.58. The van der Waals surface area contributed by atoms with E-state index in [0.29, 0.717) is 5.75 Å². The second-order valence-electron chi connectivity index (χ2n) is 5.25. The van der Waals surface area contributed by atoms with Crippen molar-refractivity contribution in [3.8, 4) is 5.75 Å². The van der Waals surface area contributed by atoms with E-state index in [1.807, 2.05) is 60.6 Å². The summed E-state index contributed by atoms with van der Waals surface area (Å²) in [5, 5.41) is 41.7. The van der Waals surface area contributed by atoms with Gasteiger partial charge in [0.15, 0.2) is 0 Å². The Bertz CT molecular complexity index is 498. The number of anilines is 1. The molecule has 5 atom stereocenters. The topological polar surface area (TPSA) is 111 Å². The molecule has 0 amide bonds. The van der Waals surface area contributed by atoms with Gasteiger partial charge in [0.25, 0.3) is 0 Å². The standard InChI is InChI=1S/C15H23NO6.3C2H6/c1-3-8-4-5-10(9(6-8)16-2)21-15-14(20)13(19)12(18)11(7-17)22-15;3*1-2/h4-6,11-20H,3,7H2,1-2H3;3*1-2H3. The van der Waals surface area contributed by atoms with E-state index in [-0.39, 0.29) is 0 Å². The average molecular weight is 404 g/mol. The Labute approximate surface area is 170 Å². The summed E-state index contributed by atoms with van der Waals surface area (Å²) >= 11 is 0. The maximum absolute atomic E-state index is 9.98. The van der Waals surface area contributed by atoms with Crippen molar-refractivity contribution in [3.05, 3.63) is 23.8 Å². The Kier molecular flexibility index (Phi) is 17.1. The number of rotatable bonds is 5. The zero-order chi connectivity index (χ0) is 22.3. The molecule has 0 aromatic heterocycles. The molecule has 1 fully saturated rings. The van der Waals surface area contributed by atoms with Crippen LogP contribution < -0.4 is 10.1 Å². The lowest BCUT2D eigenvalue weighted by molar-refractivity contribution is -0.277. The molecular formula is C21H41NO6. The van der Waals surface area contributed by atoms with Gasteiger partial charge in [-0.05, 0) is 24.1 Å². The third-order valence-corrected chi connectivity index (χ3v) is 3.81. The summed E-state index contributed by atoms with van der Waals surface area (Å²) in [6.45, 7) is 13.5. The zero-order valence-corrected chi connectivity index (χ0v) is 18.6. The van der Waals surface area contributed by atoms with Gasteiger partial charge in [0, 0.05) is 7.05 Å². The number of hydrogen-bond donors (Lipinski definition) is 5. The van der Waals surface area contributed by atoms with Crippen LogP contribution in [0.15, 0.2) is 18.2 Å². The van der Waals surface area contributed by atoms with E-state index >= 15 is 0 Å². The van der Waals surface area contributed by atoms with Crippen molar-refractivity contribution in [3.63, 3.8) is 0 Å². The molecule has 0 radical (unpaired) electrons. The monoisotopic (exact) mass is 403 g/mol. The molecule has 5 N–H and O–H groups in total. The van der Waals surface area contributed by atoms with Gasteiger partial charge in [-0.25, -0.2) is 0 Å². The highest BCUT2D eigenvalue weighted by molar-refractivity contribution is 5.57. The number of hydrogen-bond acceptors (Lipinski definition) is 7. The van der Waals surface area contributed by atoms with E-state index in [9.17, 15) is 20.4 Å². The van der Waals surface area contributed by atoms with Gasteiger partial charge in [0.05, 0.1) is 12.3 Å². The Morgan fingerprint density at radius 1 is 0.964 bits per heavy atom. The first-order chi connectivity index (χ1) is 13.5. The summed E-state index contributed by atoms with van der Waals surface area (Å²) in [6, 6.07) is 5.55. The molecule has 0 saturated carbocycles. The molecule has 7 heteroatoms. The Morgan fingerprint density at radius 2 is 1.54 bits per heavy atom. The van der Waals surface area contributed by atoms with Crippen molar-refractivity contribution >= 4 is 5.69 Å². The van der Waals surface area contributed by atoms with Gasteiger partial charge >= 0.3 is 0 Å². The van der Waals surface area contributed by atoms with Crippen LogP contribution in [0, 0.1) is 0 Å². The first-order valence-corrected chi connectivity index (χ1v) is 10.3. The van der Waals surface area contributed by atoms with E-state index in [1.165, 1.54) is 0 Å². The maximum atomic E-state index is 9.98. The molecule has 1 aliphatic heterocycles. The number of ether oxygens (including phenoxy) is 2. The van der Waals surface area contributed by atoms with Gasteiger partial charge in [-0.1, -0.05) is 54.5 Å². The van der Waals surface area contributed by atoms with Crippen LogP contribution in [0.25, 0.3) is 0 Å². The normalized spacial score (nSPS) is 25.6. The van der Waals surface area contributed by atoms with Crippen LogP contribution in [0.4, 0.5) is 5.69 Å². The predicted octanol–water partition coefficient (Wildman–Crippen LogP) is 2.55. The van der Waals surface area contributed by atoms with Gasteiger partial charge in [0.1, 0.15) is 30.2 Å². The van der Waals surface area contributed by atoms with E-state index < -0.39 is 37.3 Å². The lowest BCUT2D eigenvalue weighted by Crippen LogP contribution is -2.60. The van der Waals surface area contributed by atoms with Crippen molar-refractivity contribution in [2.75, 3.05) is 19.0 Å². The van der Waals surface area contributed by atoms with Crippen LogP contribution >= 0.6 is 0 Å². The Morgan fingerprint density at radius 3 is 2.00 bits per heavy atom. The number of aliphatic hydroxyl groups excluding tert-OH is 4. The molecule has 7 nitrogen and oxygen atoms in total. The quantitative estimate of drug-likeness (QED) is 0.514. The molecule has 5 unspecified atom stereocenters. The van der Waals surface area contributed by atoms with Gasteiger partial charge < -0.3 is 35.2 Å². The predicted molar refractivity (Wildman–Crippen MR) is 114 cm³/mol. The fourth-order valence-corrected chi connectivity index (χ4v) is 2.39. The smallest absolute Gasteiger partial charge is 0.229 e. The fraction of sp³-hybridized carbons (Fsp3) is 0.714. The van der Waals surface area contributed by atoms with Crippen molar-refractivity contribution in [2.24, 2.45) is 0 Å². The fourth-order valence-electron chi connectivity index (χ4n) is 2.39. The lowest BCUT2D eigenvalue weighted by atomic mass is 9.99. The van der Waals surface area contributed by atoms with Gasteiger partial charge in [-0.15, -0.1) is 0 Å². The van der Waals surface area contributed by atoms with Crippen molar-refractivity contribution in [1.82, 2.24) is 0 Å². The number of aliphatic hydroxyl groups is 4. The van der Waals surface area contributed by atoms with Gasteiger partial charge in [-0.3, -0.25) is 0 Å². The summed E-state index contributed by atoms with van der Waals surface area (Å²) < 4.78 is 11.0. The summed E-state index contributed by atoms with van der Waals surface area (Å²) in [5.41, 5.74) is 1.84. The molecule has 1 aromatic rings. The molecule has 1 aliphatic rings. The Balaban J connectivity index is 0. The van der Waals surface area contributed by atoms with Crippen molar-refractivity contribution < 1.29 is 29.9 Å². The van der Waals surface area contributed by atoms with Crippen LogP contribution in [0.5, 0.6) is 5.75 Å². The minimum absolute atomic E-state index is 0.448. The second-order valence-corrected chi connectivity index (χ2v) is 5.25. The number of aryl methyl sites for hydroxylation is 1. The first kappa shape index (κ1) is 28.8. The molecule has 166 valence electrons. The molecule has 0 spiro atoms. The zero-order valence-electron chi connectivity index (χ0n) is 18.6. The van der Waals surface area contributed by atoms with Crippen LogP contribution in [-0.4, -0.2) is 64.8 Å². The van der Waals surface area contributed by atoms with Crippen LogP contribution in [-0.2, 0) is 11.2 Å². The van der Waals surface area contributed by atoms with Gasteiger partial charge in [0.2, 0.25) is 6.29 Å². The molecule has 1 aromatic carbocycles. The molecule has 28 heavy (non-hydrogen) atoms. The average Bonchev–Trinajstić information content (AvgIpc) is 2.78. The highest BCUT2D eigenvalue weighted by Gasteiger charge is 2.44. The summed E-state index contributed by atoms with van der Waals surface area (Å²) in [7, 11) is 1.74. The lowest BCUT2D eigenvalue weighted by Gasteiger charge is -2.39. The third-order valence-electron chi connectivity index (χ3n) is 3.81. The largest absolute Gasteiger partial charge is 0.460 e. The molecule has 0 aliphatic carbocycles. The number of benzene rings is 1. The SMILES string of the molecule is CC.CC.CC.CCc1ccc(OC2OC(CO)C(O)C(O)C2O)c(NC)c1. The molecule has 1 saturated heterocycles. The summed E-state index contributed by atoms with van der Waals surface area (Å²) in [4.78, 5) is 0. The molecular weight excluding hydrogens is 362 g/mol. The van der Waals surface area contributed by atoms with E-state index in [0.717, 1.165) is 17.7 Å². The maximum Gasteiger partial charge on any atom is 0.229 e. The number of nitrogens with one attached hydrogen (secondary N) is 1. The van der Waals surface area contributed by atoms with Crippen LogP contribution in [0.2, 0.25) is 0 Å². The first-order valence-electron chi connectivity index (χ1n) is 10.3. The Hall–Kier alpha value is -1.38. The highest BCUT2D eigenvalue weighted by Crippen LogP contribution is 2.30. The van der Waals surface area contributed by atoms with Gasteiger partial charge in [-0.2, -0.15) is 0 Å². The summed E-state index contributed by atoms with van der Waals surface area (Å²) in [5.74, 6) is 0.448. The van der Waals surface area contributed by atoms with Crippen molar-refractivity contribution in [2.45, 2.75) is 85.6 Å². The van der Waals surface area contributed by atoms with Crippen molar-refractivity contribution in [1.29, 1.82) is 0 Å². The van der Waals surface area contributed by atoms with Crippen LogP contribution in [0.1, 0.15) is 54.0 Å². The second kappa shape index (κ2) is 16.6. The highest BCUT2D eigenvalue weighted by atomic mass is 16.7. The molecule has 0 bridgehead atoms. The molecule has 2 rings (SSSR count). The third kappa shape index (κ3) is 7.93. The molecule has 1 heterocycles. The van der Waals surface area contributed by atoms with Crippen LogP contribution in [0.3, 0.4) is 0 Å². The van der Waals surface area contributed by atoms with E-state index in [4.69, 9.17) is 9.47 Å². The minimum Gasteiger partial charge on any atom is -0.460 e. The van der Waals surface area contributed by atoms with E-state index in [1.54, 1.807) is 13.1 Å². The van der Waals surface area contributed by atoms with E-state index in [2.05, 4.69) is 5.32 Å².